The zero-order valence-electron chi connectivity index (χ0n) is 25.1. The SMILES string of the molecule is C1=NC(c2ccc(N(c3ccccc3)c3ccccc3)cc2)CN=C1c1ccc(-c2nc3ccccc3n2-c2ccccc2)nc1. The summed E-state index contributed by atoms with van der Waals surface area (Å²) in [6.45, 7) is 0.581. The second-order valence-corrected chi connectivity index (χ2v) is 11.1. The molecule has 1 aliphatic rings. The van der Waals surface area contributed by atoms with Gasteiger partial charge in [0.15, 0.2) is 5.82 Å². The lowest BCUT2D eigenvalue weighted by Crippen LogP contribution is -2.14. The highest BCUT2D eigenvalue weighted by Crippen LogP contribution is 2.35. The average molecular weight is 595 g/mol. The number of hydrogen-bond acceptors (Lipinski definition) is 5. The molecular weight excluding hydrogens is 564 g/mol. The Morgan fingerprint density at radius 2 is 1.24 bits per heavy atom. The summed E-state index contributed by atoms with van der Waals surface area (Å²) < 4.78 is 2.16. The van der Waals surface area contributed by atoms with Gasteiger partial charge in [-0.2, -0.15) is 0 Å². The van der Waals surface area contributed by atoms with Crippen LogP contribution in [0.5, 0.6) is 0 Å². The molecule has 0 aliphatic carbocycles. The molecule has 220 valence electrons. The van der Waals surface area contributed by atoms with Crippen molar-refractivity contribution < 1.29 is 0 Å². The van der Waals surface area contributed by atoms with E-state index < -0.39 is 0 Å². The molecule has 6 heteroatoms. The van der Waals surface area contributed by atoms with Gasteiger partial charge in [0.25, 0.3) is 0 Å². The second-order valence-electron chi connectivity index (χ2n) is 11.1. The van der Waals surface area contributed by atoms with Crippen LogP contribution in [0.25, 0.3) is 28.2 Å². The first-order valence-electron chi connectivity index (χ1n) is 15.4. The summed E-state index contributed by atoms with van der Waals surface area (Å²) in [4.78, 5) is 21.8. The van der Waals surface area contributed by atoms with Crippen molar-refractivity contribution in [3.8, 4) is 17.2 Å². The number of fused-ring (bicyclic) bond motifs is 1. The van der Waals surface area contributed by atoms with Crippen LogP contribution in [0, 0.1) is 0 Å². The van der Waals surface area contributed by atoms with Crippen molar-refractivity contribution in [2.75, 3.05) is 11.4 Å². The highest BCUT2D eigenvalue weighted by Gasteiger charge is 2.19. The number of pyridine rings is 1. The monoisotopic (exact) mass is 594 g/mol. The lowest BCUT2D eigenvalue weighted by Gasteiger charge is -2.26. The maximum Gasteiger partial charge on any atom is 0.164 e. The number of aliphatic imine (C=N–C) groups is 2. The number of rotatable bonds is 7. The fourth-order valence-electron chi connectivity index (χ4n) is 5.95. The zero-order valence-corrected chi connectivity index (χ0v) is 25.1. The quantitative estimate of drug-likeness (QED) is 0.185. The van der Waals surface area contributed by atoms with Crippen LogP contribution in [-0.4, -0.2) is 33.0 Å². The van der Waals surface area contributed by atoms with Crippen LogP contribution >= 0.6 is 0 Å². The van der Waals surface area contributed by atoms with Gasteiger partial charge in [0, 0.05) is 40.7 Å². The maximum atomic E-state index is 4.94. The molecule has 0 N–H and O–H groups in total. The number of benzene rings is 5. The van der Waals surface area contributed by atoms with Gasteiger partial charge in [-0.25, -0.2) is 4.98 Å². The third-order valence-corrected chi connectivity index (χ3v) is 8.24. The zero-order chi connectivity index (χ0) is 30.7. The Bertz CT molecular complexity index is 2110. The van der Waals surface area contributed by atoms with Crippen molar-refractivity contribution in [2.24, 2.45) is 9.98 Å². The second kappa shape index (κ2) is 12.1. The van der Waals surface area contributed by atoms with E-state index in [0.29, 0.717) is 6.54 Å². The molecule has 0 spiro atoms. The van der Waals surface area contributed by atoms with Crippen LogP contribution in [0.2, 0.25) is 0 Å². The van der Waals surface area contributed by atoms with E-state index >= 15 is 0 Å². The van der Waals surface area contributed by atoms with Crippen LogP contribution in [0.3, 0.4) is 0 Å². The van der Waals surface area contributed by atoms with E-state index in [1.807, 2.05) is 67.0 Å². The molecule has 2 aromatic heterocycles. The molecule has 8 rings (SSSR count). The van der Waals surface area contributed by atoms with Gasteiger partial charge < -0.3 is 4.90 Å². The molecule has 1 atom stereocenters. The first kappa shape index (κ1) is 27.4. The molecular formula is C40H30N6. The number of anilines is 3. The Kier molecular flexibility index (Phi) is 7.21. The largest absolute Gasteiger partial charge is 0.311 e. The molecule has 0 saturated carbocycles. The summed E-state index contributed by atoms with van der Waals surface area (Å²) in [7, 11) is 0. The van der Waals surface area contributed by atoms with E-state index in [9.17, 15) is 0 Å². The van der Waals surface area contributed by atoms with Gasteiger partial charge in [0.2, 0.25) is 0 Å². The van der Waals surface area contributed by atoms with Gasteiger partial charge in [-0.15, -0.1) is 0 Å². The lowest BCUT2D eigenvalue weighted by atomic mass is 10.0. The van der Waals surface area contributed by atoms with Gasteiger partial charge in [0.1, 0.15) is 5.69 Å². The molecule has 0 radical (unpaired) electrons. The average Bonchev–Trinajstić information content (AvgIpc) is 3.53. The summed E-state index contributed by atoms with van der Waals surface area (Å²) in [5.41, 5.74) is 10.1. The van der Waals surface area contributed by atoms with Gasteiger partial charge in [-0.3, -0.25) is 19.5 Å². The van der Waals surface area contributed by atoms with E-state index in [4.69, 9.17) is 20.0 Å². The maximum absolute atomic E-state index is 4.94. The minimum Gasteiger partial charge on any atom is -0.311 e. The normalized spacial score (nSPS) is 14.3. The molecule has 1 unspecified atom stereocenters. The summed E-state index contributed by atoms with van der Waals surface area (Å²) in [6, 6.07) is 52.0. The third-order valence-electron chi connectivity index (χ3n) is 8.24. The van der Waals surface area contributed by atoms with E-state index in [2.05, 4.69) is 107 Å². The first-order chi connectivity index (χ1) is 22.8. The van der Waals surface area contributed by atoms with E-state index in [-0.39, 0.29) is 6.04 Å². The molecule has 5 aromatic carbocycles. The molecule has 0 bridgehead atoms. The van der Waals surface area contributed by atoms with Gasteiger partial charge >= 0.3 is 0 Å². The van der Waals surface area contributed by atoms with Gasteiger partial charge in [-0.1, -0.05) is 78.9 Å². The van der Waals surface area contributed by atoms with Crippen molar-refractivity contribution in [1.82, 2.24) is 14.5 Å². The number of aromatic nitrogens is 3. The Morgan fingerprint density at radius 3 is 1.87 bits per heavy atom. The van der Waals surface area contributed by atoms with Gasteiger partial charge in [-0.05, 0) is 78.4 Å². The van der Waals surface area contributed by atoms with Crippen molar-refractivity contribution in [3.63, 3.8) is 0 Å². The van der Waals surface area contributed by atoms with Crippen molar-refractivity contribution in [1.29, 1.82) is 0 Å². The van der Waals surface area contributed by atoms with Crippen LogP contribution in [0.1, 0.15) is 17.2 Å². The Labute approximate surface area is 267 Å². The van der Waals surface area contributed by atoms with Crippen molar-refractivity contribution in [3.05, 3.63) is 169 Å². The summed E-state index contributed by atoms with van der Waals surface area (Å²) in [5.74, 6) is 0.805. The molecule has 3 heterocycles. The summed E-state index contributed by atoms with van der Waals surface area (Å²) >= 11 is 0. The fourth-order valence-corrected chi connectivity index (χ4v) is 5.95. The van der Waals surface area contributed by atoms with Crippen molar-refractivity contribution in [2.45, 2.75) is 6.04 Å². The molecule has 1 aliphatic heterocycles. The van der Waals surface area contributed by atoms with Crippen LogP contribution in [0.15, 0.2) is 168 Å². The number of hydrogen-bond donors (Lipinski definition) is 0. The molecule has 7 aromatic rings. The third kappa shape index (κ3) is 5.26. The van der Waals surface area contributed by atoms with Crippen molar-refractivity contribution >= 4 is 40.0 Å². The summed E-state index contributed by atoms with van der Waals surface area (Å²) in [6.07, 6.45) is 3.74. The molecule has 0 saturated heterocycles. The predicted molar refractivity (Wildman–Crippen MR) is 188 cm³/mol. The molecule has 46 heavy (non-hydrogen) atoms. The minimum absolute atomic E-state index is 0.0299. The Balaban J connectivity index is 1.02. The lowest BCUT2D eigenvalue weighted by molar-refractivity contribution is 0.738. The fraction of sp³-hybridized carbons (Fsp3) is 0.0500. The Hall–Kier alpha value is -6.14. The van der Waals surface area contributed by atoms with E-state index in [1.165, 1.54) is 0 Å². The number of imidazole rings is 1. The highest BCUT2D eigenvalue weighted by atomic mass is 15.1. The predicted octanol–water partition coefficient (Wildman–Crippen LogP) is 9.17. The Morgan fingerprint density at radius 1 is 0.609 bits per heavy atom. The number of para-hydroxylation sites is 5. The van der Waals surface area contributed by atoms with E-state index in [0.717, 1.165) is 62.1 Å². The van der Waals surface area contributed by atoms with Gasteiger partial charge in [0.05, 0.1) is 29.3 Å². The standard InChI is InChI=1S/C40H30N6/c1-4-12-31(13-5-1)45(32-14-6-2-7-15-32)34-23-20-29(21-24-34)37-27-43-38(28-42-37)30-22-25-36(41-26-30)40-44-35-18-10-11-19-39(35)46(40)33-16-8-3-9-17-33/h1-26,28,37H,27H2. The molecule has 0 amide bonds. The topological polar surface area (TPSA) is 58.7 Å². The van der Waals surface area contributed by atoms with Crippen LogP contribution in [0.4, 0.5) is 17.1 Å². The summed E-state index contributed by atoms with van der Waals surface area (Å²) in [5, 5.41) is 0. The van der Waals surface area contributed by atoms with Crippen LogP contribution in [-0.2, 0) is 0 Å². The smallest absolute Gasteiger partial charge is 0.164 e. The minimum atomic E-state index is -0.0299. The first-order valence-corrected chi connectivity index (χ1v) is 15.4. The van der Waals surface area contributed by atoms with Crippen LogP contribution < -0.4 is 4.90 Å². The molecule has 0 fully saturated rings. The van der Waals surface area contributed by atoms with E-state index in [1.54, 1.807) is 0 Å². The highest BCUT2D eigenvalue weighted by molar-refractivity contribution is 6.38. The molecule has 6 nitrogen and oxygen atoms in total. The number of nitrogens with zero attached hydrogens (tertiary/aromatic N) is 6.